The van der Waals surface area contributed by atoms with Crippen molar-refractivity contribution in [3.63, 3.8) is 0 Å². The topological polar surface area (TPSA) is 63.6 Å². The van der Waals surface area contributed by atoms with Crippen molar-refractivity contribution in [2.45, 2.75) is 72.3 Å². The summed E-state index contributed by atoms with van der Waals surface area (Å²) in [4.78, 5) is 29.2. The van der Waals surface area contributed by atoms with Gasteiger partial charge in [-0.1, -0.05) is 19.4 Å². The molecular weight excluding hydrogens is 304 g/mol. The molecule has 1 saturated carbocycles. The molecule has 4 atom stereocenters. The van der Waals surface area contributed by atoms with Gasteiger partial charge in [-0.25, -0.2) is 4.89 Å². The zero-order valence-electron chi connectivity index (χ0n) is 15.5. The molecule has 2 aliphatic carbocycles. The van der Waals surface area contributed by atoms with Gasteiger partial charge in [0.1, 0.15) is 5.60 Å². The first-order chi connectivity index (χ1) is 11.1. The normalized spacial score (nSPS) is 34.2. The zero-order chi connectivity index (χ0) is 18.1. The molecule has 0 saturated heterocycles. The predicted molar refractivity (Wildman–Crippen MR) is 93.5 cm³/mol. The van der Waals surface area contributed by atoms with Gasteiger partial charge in [0.05, 0.1) is 0 Å². The number of ketones is 2. The maximum absolute atomic E-state index is 12.1. The van der Waals surface area contributed by atoms with Gasteiger partial charge in [-0.2, -0.15) is 0 Å². The third-order valence-corrected chi connectivity index (χ3v) is 6.10. The molecule has 0 aromatic carbocycles. The Kier molecular flexibility index (Phi) is 5.50. The molecule has 0 amide bonds. The summed E-state index contributed by atoms with van der Waals surface area (Å²) in [6.45, 7) is 9.86. The van der Waals surface area contributed by atoms with Crippen molar-refractivity contribution in [2.24, 2.45) is 17.3 Å². The van der Waals surface area contributed by atoms with Crippen LogP contribution in [0.4, 0.5) is 0 Å². The summed E-state index contributed by atoms with van der Waals surface area (Å²) in [5.74, 6) is 0.764. The van der Waals surface area contributed by atoms with Crippen molar-refractivity contribution < 1.29 is 19.7 Å². The Bertz CT molecular complexity index is 584. The molecule has 134 valence electrons. The lowest BCUT2D eigenvalue weighted by atomic mass is 9.53. The average Bonchev–Trinajstić information content (AvgIpc) is 2.45. The summed E-state index contributed by atoms with van der Waals surface area (Å²) >= 11 is 0. The van der Waals surface area contributed by atoms with Gasteiger partial charge in [0.15, 0.2) is 11.6 Å². The van der Waals surface area contributed by atoms with Crippen molar-refractivity contribution in [1.82, 2.24) is 0 Å². The number of hydrogen-bond acceptors (Lipinski definition) is 4. The van der Waals surface area contributed by atoms with E-state index in [1.807, 2.05) is 27.7 Å². The highest BCUT2D eigenvalue weighted by Gasteiger charge is 2.57. The molecule has 0 heterocycles. The van der Waals surface area contributed by atoms with Gasteiger partial charge >= 0.3 is 0 Å². The summed E-state index contributed by atoms with van der Waals surface area (Å²) in [6, 6.07) is 0. The van der Waals surface area contributed by atoms with Gasteiger partial charge in [0.25, 0.3) is 0 Å². The van der Waals surface area contributed by atoms with Crippen LogP contribution in [0.15, 0.2) is 23.3 Å². The molecule has 0 unspecified atom stereocenters. The van der Waals surface area contributed by atoms with E-state index in [0.717, 1.165) is 24.0 Å². The smallest absolute Gasteiger partial charge is 0.156 e. The van der Waals surface area contributed by atoms with E-state index in [4.69, 9.17) is 4.89 Å². The maximum atomic E-state index is 12.1. The monoisotopic (exact) mass is 334 g/mol. The van der Waals surface area contributed by atoms with Crippen LogP contribution in [0.5, 0.6) is 0 Å². The number of carbonyl (C=O) groups is 2. The molecule has 1 fully saturated rings. The first-order valence-corrected chi connectivity index (χ1v) is 8.85. The molecule has 4 nitrogen and oxygen atoms in total. The largest absolute Gasteiger partial charge is 0.295 e. The fourth-order valence-electron chi connectivity index (χ4n) is 4.66. The number of carbonyl (C=O) groups excluding carboxylic acids is 2. The Balaban J connectivity index is 2.21. The number of allylic oxidation sites excluding steroid dienone is 3. The Morgan fingerprint density at radius 2 is 2.17 bits per heavy atom. The highest BCUT2D eigenvalue weighted by molar-refractivity contribution is 5.92. The van der Waals surface area contributed by atoms with Crippen molar-refractivity contribution >= 4 is 11.6 Å². The number of fused-ring (bicyclic) bond motifs is 1. The second-order valence-electron chi connectivity index (χ2n) is 8.32. The van der Waals surface area contributed by atoms with Crippen LogP contribution in [0.3, 0.4) is 0 Å². The van der Waals surface area contributed by atoms with E-state index in [9.17, 15) is 14.8 Å². The standard InChI is InChI=1S/C20H30O4/c1-13(2)8-17(21)9-14(3)16-6-7-19(5)12-18(22)10-15(4)20(19,11-16)24-23/h8,10,14,16,23H,6-7,9,11-12H2,1-5H3/t14-,16+,19-,20+/m1/s1. The Morgan fingerprint density at radius 1 is 1.50 bits per heavy atom. The van der Waals surface area contributed by atoms with Crippen LogP contribution in [0, 0.1) is 17.3 Å². The first-order valence-electron chi connectivity index (χ1n) is 8.85. The molecule has 2 rings (SSSR count). The van der Waals surface area contributed by atoms with Gasteiger partial charge in [0.2, 0.25) is 0 Å². The Hall–Kier alpha value is -1.26. The highest BCUT2D eigenvalue weighted by Crippen LogP contribution is 2.57. The van der Waals surface area contributed by atoms with Gasteiger partial charge < -0.3 is 0 Å². The summed E-state index contributed by atoms with van der Waals surface area (Å²) in [6.07, 6.45) is 6.64. The van der Waals surface area contributed by atoms with Gasteiger partial charge in [-0.3, -0.25) is 14.8 Å². The summed E-state index contributed by atoms with van der Waals surface area (Å²) in [7, 11) is 0. The van der Waals surface area contributed by atoms with E-state index < -0.39 is 5.60 Å². The summed E-state index contributed by atoms with van der Waals surface area (Å²) in [5, 5.41) is 9.77. The lowest BCUT2D eigenvalue weighted by Gasteiger charge is -2.54. The van der Waals surface area contributed by atoms with E-state index >= 15 is 0 Å². The van der Waals surface area contributed by atoms with Crippen molar-refractivity contribution in [3.8, 4) is 0 Å². The predicted octanol–water partition coefficient (Wildman–Crippen LogP) is 4.50. The van der Waals surface area contributed by atoms with E-state index in [1.165, 1.54) is 0 Å². The Labute approximate surface area is 144 Å². The van der Waals surface area contributed by atoms with Crippen LogP contribution in [-0.2, 0) is 14.5 Å². The molecule has 1 N–H and O–H groups in total. The molecule has 4 heteroatoms. The van der Waals surface area contributed by atoms with Crippen LogP contribution in [0.1, 0.15) is 66.7 Å². The highest BCUT2D eigenvalue weighted by atomic mass is 17.1. The number of hydrogen-bond donors (Lipinski definition) is 1. The SMILES string of the molecule is CC(C)=CC(=O)C[C@@H](C)[C@H]1CC[C@]2(C)CC(=O)C=C(C)[C@@]2(OO)C1. The lowest BCUT2D eigenvalue weighted by molar-refractivity contribution is -0.352. The molecule has 0 aliphatic heterocycles. The fraction of sp³-hybridized carbons (Fsp3) is 0.700. The minimum absolute atomic E-state index is 0.105. The minimum atomic E-state index is -0.808. The fourth-order valence-corrected chi connectivity index (χ4v) is 4.66. The molecule has 0 bridgehead atoms. The second-order valence-corrected chi connectivity index (χ2v) is 8.32. The molecule has 2 aliphatic rings. The average molecular weight is 334 g/mol. The van der Waals surface area contributed by atoms with Crippen LogP contribution >= 0.6 is 0 Å². The van der Waals surface area contributed by atoms with Gasteiger partial charge in [-0.15, -0.1) is 0 Å². The molecule has 0 aromatic heterocycles. The maximum Gasteiger partial charge on any atom is 0.156 e. The molecule has 0 aromatic rings. The first kappa shape index (κ1) is 19.1. The van der Waals surface area contributed by atoms with E-state index in [1.54, 1.807) is 12.2 Å². The van der Waals surface area contributed by atoms with E-state index in [2.05, 4.69) is 6.92 Å². The summed E-state index contributed by atoms with van der Waals surface area (Å²) < 4.78 is 0. The Morgan fingerprint density at radius 3 is 2.75 bits per heavy atom. The van der Waals surface area contributed by atoms with E-state index in [0.29, 0.717) is 19.3 Å². The third-order valence-electron chi connectivity index (χ3n) is 6.10. The third kappa shape index (κ3) is 3.40. The van der Waals surface area contributed by atoms with Crippen LogP contribution < -0.4 is 0 Å². The molecule has 0 spiro atoms. The van der Waals surface area contributed by atoms with Crippen LogP contribution in [0.25, 0.3) is 0 Å². The minimum Gasteiger partial charge on any atom is -0.295 e. The van der Waals surface area contributed by atoms with Crippen LogP contribution in [-0.4, -0.2) is 22.4 Å². The molecule has 0 radical (unpaired) electrons. The second kappa shape index (κ2) is 6.93. The summed E-state index contributed by atoms with van der Waals surface area (Å²) in [5.41, 5.74) is 0.634. The van der Waals surface area contributed by atoms with Crippen LogP contribution in [0.2, 0.25) is 0 Å². The number of rotatable bonds is 5. The molecule has 24 heavy (non-hydrogen) atoms. The van der Waals surface area contributed by atoms with Crippen molar-refractivity contribution in [3.05, 3.63) is 23.3 Å². The lowest BCUT2D eigenvalue weighted by Crippen LogP contribution is -2.56. The van der Waals surface area contributed by atoms with E-state index in [-0.39, 0.29) is 28.8 Å². The zero-order valence-corrected chi connectivity index (χ0v) is 15.5. The van der Waals surface area contributed by atoms with Crippen molar-refractivity contribution in [1.29, 1.82) is 0 Å². The van der Waals surface area contributed by atoms with Gasteiger partial charge in [0, 0.05) is 18.3 Å². The molecular formula is C20H30O4. The van der Waals surface area contributed by atoms with Gasteiger partial charge in [-0.05, 0) is 69.6 Å². The quantitative estimate of drug-likeness (QED) is 0.457. The van der Waals surface area contributed by atoms with Crippen molar-refractivity contribution in [2.75, 3.05) is 0 Å².